The third-order valence-corrected chi connectivity index (χ3v) is 5.08. The molecule has 0 aromatic heterocycles. The van der Waals surface area contributed by atoms with Gasteiger partial charge in [0.25, 0.3) is 5.91 Å². The van der Waals surface area contributed by atoms with Gasteiger partial charge in [0, 0.05) is 11.3 Å². The van der Waals surface area contributed by atoms with E-state index in [-0.39, 0.29) is 22.6 Å². The Morgan fingerprint density at radius 1 is 1.03 bits per heavy atom. The van der Waals surface area contributed by atoms with Crippen molar-refractivity contribution in [3.05, 3.63) is 64.4 Å². The molecule has 4 nitrogen and oxygen atoms in total. The van der Waals surface area contributed by atoms with Crippen LogP contribution in [-0.4, -0.2) is 17.9 Å². The quantitative estimate of drug-likeness (QED) is 0.347. The molecule has 0 heterocycles. The van der Waals surface area contributed by atoms with Crippen LogP contribution < -0.4 is 10.6 Å². The summed E-state index contributed by atoms with van der Waals surface area (Å²) in [6, 6.07) is 7.94. The molecule has 0 spiro atoms. The Morgan fingerprint density at radius 3 is 2.30 bits per heavy atom. The number of carbonyl (C=O) groups is 1. The molecular formula is C21H20ClF4N3O. The first-order chi connectivity index (χ1) is 14.2. The summed E-state index contributed by atoms with van der Waals surface area (Å²) in [6.07, 6.45) is 0.387. The van der Waals surface area contributed by atoms with Gasteiger partial charge in [0.1, 0.15) is 5.82 Å². The number of amides is 1. The number of benzene rings is 2. The van der Waals surface area contributed by atoms with Crippen LogP contribution in [-0.2, 0) is 6.18 Å². The van der Waals surface area contributed by atoms with Crippen LogP contribution in [0.2, 0.25) is 5.02 Å². The molecule has 0 saturated heterocycles. The largest absolute Gasteiger partial charge is 0.416 e. The lowest BCUT2D eigenvalue weighted by Crippen LogP contribution is -2.37. The maximum absolute atomic E-state index is 13.8. The second-order valence-corrected chi connectivity index (χ2v) is 7.46. The van der Waals surface area contributed by atoms with Crippen LogP contribution >= 0.6 is 11.6 Å². The fourth-order valence-electron chi connectivity index (χ4n) is 3.19. The molecule has 160 valence electrons. The summed E-state index contributed by atoms with van der Waals surface area (Å²) in [5.74, 6) is -1.15. The molecular weight excluding hydrogens is 422 g/mol. The van der Waals surface area contributed by atoms with Gasteiger partial charge in [0.2, 0.25) is 5.96 Å². The number of rotatable bonds is 3. The normalized spacial score (nSPS) is 15.7. The van der Waals surface area contributed by atoms with Crippen molar-refractivity contribution in [3.8, 4) is 0 Å². The van der Waals surface area contributed by atoms with Crippen molar-refractivity contribution < 1.29 is 22.4 Å². The number of nitrogens with zero attached hydrogens (tertiary/aromatic N) is 1. The van der Waals surface area contributed by atoms with Crippen molar-refractivity contribution in [1.82, 2.24) is 5.32 Å². The van der Waals surface area contributed by atoms with E-state index in [1.807, 2.05) is 0 Å². The fraction of sp³-hybridized carbons (Fsp3) is 0.333. The number of guanidine groups is 1. The van der Waals surface area contributed by atoms with Crippen molar-refractivity contribution in [2.24, 2.45) is 4.99 Å². The minimum atomic E-state index is -4.48. The first-order valence-corrected chi connectivity index (χ1v) is 9.88. The van der Waals surface area contributed by atoms with Crippen molar-refractivity contribution in [3.63, 3.8) is 0 Å². The van der Waals surface area contributed by atoms with Gasteiger partial charge in [0.05, 0.1) is 16.6 Å². The number of hydrogen-bond acceptors (Lipinski definition) is 2. The molecule has 2 aromatic carbocycles. The number of nitrogens with one attached hydrogen (secondary N) is 2. The highest BCUT2D eigenvalue weighted by Crippen LogP contribution is 2.29. The van der Waals surface area contributed by atoms with Crippen LogP contribution in [0, 0.1) is 5.82 Å². The summed E-state index contributed by atoms with van der Waals surface area (Å²) in [5, 5.41) is 5.41. The molecule has 0 atom stereocenters. The highest BCUT2D eigenvalue weighted by atomic mass is 35.5. The molecule has 0 unspecified atom stereocenters. The summed E-state index contributed by atoms with van der Waals surface area (Å²) in [7, 11) is 0. The predicted octanol–water partition coefficient (Wildman–Crippen LogP) is 6.03. The average molecular weight is 442 g/mol. The Morgan fingerprint density at radius 2 is 1.70 bits per heavy atom. The zero-order valence-electron chi connectivity index (χ0n) is 15.9. The second kappa shape index (κ2) is 9.47. The molecule has 1 aliphatic carbocycles. The number of hydrogen-bond donors (Lipinski definition) is 2. The number of carbonyl (C=O) groups excluding carboxylic acids is 1. The summed E-state index contributed by atoms with van der Waals surface area (Å²) >= 11 is 5.70. The number of aliphatic imine (C=N–C) groups is 1. The maximum atomic E-state index is 13.8. The SMILES string of the molecule is O=C(NC(=NC1CCCCC1)Nc1ccc(Cl)c(F)c1)c1ccc(C(F)(F)F)cc1. The molecule has 1 amide bonds. The first-order valence-electron chi connectivity index (χ1n) is 9.51. The Kier molecular flexibility index (Phi) is 6.97. The van der Waals surface area contributed by atoms with E-state index in [9.17, 15) is 22.4 Å². The fourth-order valence-corrected chi connectivity index (χ4v) is 3.31. The van der Waals surface area contributed by atoms with Gasteiger partial charge < -0.3 is 5.32 Å². The Balaban J connectivity index is 1.79. The number of anilines is 1. The molecule has 2 N–H and O–H groups in total. The molecule has 1 saturated carbocycles. The summed E-state index contributed by atoms with van der Waals surface area (Å²) in [5.41, 5.74) is -0.465. The zero-order chi connectivity index (χ0) is 21.7. The molecule has 9 heteroatoms. The molecule has 3 rings (SSSR count). The summed E-state index contributed by atoms with van der Waals surface area (Å²) in [4.78, 5) is 17.1. The van der Waals surface area contributed by atoms with Crippen molar-refractivity contribution >= 4 is 29.2 Å². The van der Waals surface area contributed by atoms with Gasteiger partial charge in [-0.25, -0.2) is 9.38 Å². The zero-order valence-corrected chi connectivity index (χ0v) is 16.7. The second-order valence-electron chi connectivity index (χ2n) is 7.05. The van der Waals surface area contributed by atoms with E-state index in [1.165, 1.54) is 18.2 Å². The van der Waals surface area contributed by atoms with Crippen LogP contribution in [0.4, 0.5) is 23.2 Å². The van der Waals surface area contributed by atoms with E-state index in [0.717, 1.165) is 56.4 Å². The van der Waals surface area contributed by atoms with E-state index in [4.69, 9.17) is 11.6 Å². The van der Waals surface area contributed by atoms with Crippen LogP contribution in [0.25, 0.3) is 0 Å². The molecule has 1 aliphatic rings. The Hall–Kier alpha value is -2.61. The molecule has 0 aliphatic heterocycles. The van der Waals surface area contributed by atoms with Gasteiger partial charge in [-0.05, 0) is 55.3 Å². The van der Waals surface area contributed by atoms with Crippen molar-refractivity contribution in [2.45, 2.75) is 44.3 Å². The highest BCUT2D eigenvalue weighted by Gasteiger charge is 2.30. The third-order valence-electron chi connectivity index (χ3n) is 4.78. The third kappa shape index (κ3) is 5.95. The topological polar surface area (TPSA) is 53.5 Å². The molecule has 2 aromatic rings. The van der Waals surface area contributed by atoms with Gasteiger partial charge in [-0.1, -0.05) is 30.9 Å². The first kappa shape index (κ1) is 22.1. The lowest BCUT2D eigenvalue weighted by Gasteiger charge is -2.20. The van der Waals surface area contributed by atoms with Gasteiger partial charge in [-0.3, -0.25) is 10.1 Å². The minimum absolute atomic E-state index is 0.00805. The number of halogens is 5. The van der Waals surface area contributed by atoms with Crippen LogP contribution in [0.1, 0.15) is 48.0 Å². The smallest absolute Gasteiger partial charge is 0.326 e. The van der Waals surface area contributed by atoms with Gasteiger partial charge >= 0.3 is 6.18 Å². The molecule has 0 bridgehead atoms. The van der Waals surface area contributed by atoms with E-state index in [1.54, 1.807) is 0 Å². The Labute approximate surface area is 176 Å². The molecule has 0 radical (unpaired) electrons. The lowest BCUT2D eigenvalue weighted by molar-refractivity contribution is -0.137. The molecule has 30 heavy (non-hydrogen) atoms. The Bertz CT molecular complexity index is 923. The van der Waals surface area contributed by atoms with E-state index < -0.39 is 23.5 Å². The lowest BCUT2D eigenvalue weighted by atomic mass is 9.96. The van der Waals surface area contributed by atoms with Gasteiger partial charge in [-0.2, -0.15) is 13.2 Å². The van der Waals surface area contributed by atoms with Crippen LogP contribution in [0.5, 0.6) is 0 Å². The van der Waals surface area contributed by atoms with Crippen molar-refractivity contribution in [1.29, 1.82) is 0 Å². The molecule has 1 fully saturated rings. The predicted molar refractivity (Wildman–Crippen MR) is 108 cm³/mol. The average Bonchev–Trinajstić information content (AvgIpc) is 2.71. The van der Waals surface area contributed by atoms with E-state index in [0.29, 0.717) is 5.69 Å². The van der Waals surface area contributed by atoms with Gasteiger partial charge in [0.15, 0.2) is 0 Å². The highest BCUT2D eigenvalue weighted by molar-refractivity contribution is 6.30. The van der Waals surface area contributed by atoms with Crippen molar-refractivity contribution in [2.75, 3.05) is 5.32 Å². The monoisotopic (exact) mass is 441 g/mol. The summed E-state index contributed by atoms with van der Waals surface area (Å²) < 4.78 is 51.9. The minimum Gasteiger partial charge on any atom is -0.326 e. The van der Waals surface area contributed by atoms with Crippen LogP contribution in [0.15, 0.2) is 47.5 Å². The number of alkyl halides is 3. The van der Waals surface area contributed by atoms with E-state index in [2.05, 4.69) is 15.6 Å². The van der Waals surface area contributed by atoms with Crippen LogP contribution in [0.3, 0.4) is 0 Å². The van der Waals surface area contributed by atoms with E-state index >= 15 is 0 Å². The summed E-state index contributed by atoms with van der Waals surface area (Å²) in [6.45, 7) is 0. The van der Waals surface area contributed by atoms with Gasteiger partial charge in [-0.15, -0.1) is 0 Å². The maximum Gasteiger partial charge on any atom is 0.416 e. The standard InChI is InChI=1S/C21H20ClF4N3O/c22-17-11-10-16(12-18(17)23)28-20(27-15-4-2-1-3-5-15)29-19(30)13-6-8-14(9-7-13)21(24,25)26/h6-12,15H,1-5H2,(H2,27,28,29,30).